The number of likely N-dealkylation sites (tertiary alicyclic amines) is 1. The minimum Gasteiger partial charge on any atom is -0.370 e. The maximum atomic E-state index is 12.3. The van der Waals surface area contributed by atoms with Crippen LogP contribution in [0.2, 0.25) is 0 Å². The van der Waals surface area contributed by atoms with Crippen LogP contribution in [0.3, 0.4) is 0 Å². The molecule has 0 spiro atoms. The number of hydrogen-bond acceptors (Lipinski definition) is 2. The molecule has 0 aromatic heterocycles. The Morgan fingerprint density at radius 1 is 1.10 bits per heavy atom. The molecular weight excluding hydrogens is 475 g/mol. The lowest BCUT2D eigenvalue weighted by atomic mass is 9.90. The maximum absolute atomic E-state index is 12.3. The van der Waals surface area contributed by atoms with Gasteiger partial charge < -0.3 is 16.0 Å². The van der Waals surface area contributed by atoms with Crippen LogP contribution in [0.1, 0.15) is 36.0 Å². The maximum Gasteiger partial charge on any atom is 0.223 e. The van der Waals surface area contributed by atoms with Gasteiger partial charge in [-0.05, 0) is 48.4 Å². The largest absolute Gasteiger partial charge is 0.370 e. The second-order valence-corrected chi connectivity index (χ2v) is 7.83. The van der Waals surface area contributed by atoms with E-state index in [1.165, 1.54) is 24.0 Å². The van der Waals surface area contributed by atoms with Gasteiger partial charge in [-0.3, -0.25) is 9.79 Å². The van der Waals surface area contributed by atoms with Crippen molar-refractivity contribution in [2.45, 2.75) is 38.6 Å². The van der Waals surface area contributed by atoms with E-state index in [4.69, 9.17) is 5.73 Å². The van der Waals surface area contributed by atoms with E-state index in [9.17, 15) is 4.79 Å². The topological polar surface area (TPSA) is 70.7 Å². The molecule has 6 heteroatoms. The number of rotatable bonds is 5. The summed E-state index contributed by atoms with van der Waals surface area (Å²) in [6.07, 6.45) is 5.27. The molecule has 154 valence electrons. The van der Waals surface area contributed by atoms with Crippen LogP contribution in [0.5, 0.6) is 0 Å². The fraction of sp³-hybridized carbons (Fsp3) is 0.391. The molecule has 3 N–H and O–H groups in total. The Labute approximate surface area is 189 Å². The van der Waals surface area contributed by atoms with E-state index in [1.807, 2.05) is 23.1 Å². The fourth-order valence-corrected chi connectivity index (χ4v) is 4.24. The van der Waals surface area contributed by atoms with Crippen molar-refractivity contribution in [3.63, 3.8) is 0 Å². The van der Waals surface area contributed by atoms with Crippen LogP contribution in [0.15, 0.2) is 53.5 Å². The second-order valence-electron chi connectivity index (χ2n) is 7.83. The van der Waals surface area contributed by atoms with Crippen LogP contribution in [0.4, 0.5) is 5.69 Å². The van der Waals surface area contributed by atoms with E-state index in [1.54, 1.807) is 0 Å². The molecule has 0 saturated carbocycles. The Morgan fingerprint density at radius 3 is 2.72 bits per heavy atom. The van der Waals surface area contributed by atoms with Gasteiger partial charge in [-0.15, -0.1) is 24.0 Å². The van der Waals surface area contributed by atoms with Crippen molar-refractivity contribution in [3.05, 3.63) is 65.2 Å². The third-order valence-electron chi connectivity index (χ3n) is 5.69. The van der Waals surface area contributed by atoms with E-state index >= 15 is 0 Å². The summed E-state index contributed by atoms with van der Waals surface area (Å²) in [6, 6.07) is 16.5. The molecule has 1 unspecified atom stereocenters. The Bertz CT molecular complexity index is 868. The highest BCUT2D eigenvalue weighted by molar-refractivity contribution is 14.0. The van der Waals surface area contributed by atoms with Gasteiger partial charge in [0.15, 0.2) is 5.96 Å². The number of fused-ring (bicyclic) bond motifs is 1. The van der Waals surface area contributed by atoms with Gasteiger partial charge >= 0.3 is 0 Å². The number of guanidine groups is 1. The zero-order valence-corrected chi connectivity index (χ0v) is 19.0. The van der Waals surface area contributed by atoms with Crippen LogP contribution in [0.25, 0.3) is 0 Å². The first-order valence-corrected chi connectivity index (χ1v) is 10.2. The number of carbonyl (C=O) groups excluding carboxylic acids is 1. The zero-order chi connectivity index (χ0) is 19.3. The molecule has 4 rings (SSSR count). The molecule has 0 bridgehead atoms. The van der Waals surface area contributed by atoms with Crippen LogP contribution in [0, 0.1) is 5.92 Å². The quantitative estimate of drug-likeness (QED) is 0.368. The second kappa shape index (κ2) is 10.1. The third kappa shape index (κ3) is 5.50. The number of carbonyl (C=O) groups is 1. The summed E-state index contributed by atoms with van der Waals surface area (Å²) >= 11 is 0. The Hall–Kier alpha value is -2.09. The number of halogens is 1. The Kier molecular flexibility index (Phi) is 7.52. The molecule has 1 fully saturated rings. The number of nitrogens with two attached hydrogens (primary N) is 1. The summed E-state index contributed by atoms with van der Waals surface area (Å²) in [6.45, 7) is 1.99. The van der Waals surface area contributed by atoms with Gasteiger partial charge in [-0.2, -0.15) is 0 Å². The number of hydrogen-bond donors (Lipinski definition) is 2. The minimum atomic E-state index is 0. The van der Waals surface area contributed by atoms with Crippen LogP contribution >= 0.6 is 24.0 Å². The average Bonchev–Trinajstić information content (AvgIpc) is 3.07. The van der Waals surface area contributed by atoms with Crippen molar-refractivity contribution in [1.29, 1.82) is 0 Å². The number of benzene rings is 2. The number of aryl methyl sites for hydroxylation is 1. The summed E-state index contributed by atoms with van der Waals surface area (Å²) in [7, 11) is 0. The first kappa shape index (κ1) is 21.6. The predicted octanol–water partition coefficient (Wildman–Crippen LogP) is 3.96. The zero-order valence-electron chi connectivity index (χ0n) is 16.6. The molecule has 2 aromatic rings. The summed E-state index contributed by atoms with van der Waals surface area (Å²) in [5, 5.41) is 3.29. The lowest BCUT2D eigenvalue weighted by Gasteiger charge is -2.20. The van der Waals surface area contributed by atoms with Gasteiger partial charge in [0.05, 0.1) is 0 Å². The molecule has 1 aliphatic heterocycles. The fourth-order valence-electron chi connectivity index (χ4n) is 4.24. The average molecular weight is 504 g/mol. The molecule has 1 amide bonds. The minimum absolute atomic E-state index is 0. The normalized spacial score (nSPS) is 18.9. The lowest BCUT2D eigenvalue weighted by Crippen LogP contribution is -2.26. The van der Waals surface area contributed by atoms with Crippen molar-refractivity contribution in [2.24, 2.45) is 16.6 Å². The highest BCUT2D eigenvalue weighted by Crippen LogP contribution is 2.27. The van der Waals surface area contributed by atoms with Crippen molar-refractivity contribution in [1.82, 2.24) is 4.90 Å². The molecule has 5 nitrogen and oxygen atoms in total. The molecule has 1 heterocycles. The molecule has 1 saturated heterocycles. The first-order chi connectivity index (χ1) is 13.7. The molecular formula is C23H29IN4O. The van der Waals surface area contributed by atoms with Gasteiger partial charge in [0.1, 0.15) is 0 Å². The number of anilines is 1. The monoisotopic (exact) mass is 504 g/mol. The highest BCUT2D eigenvalue weighted by atomic mass is 127. The SMILES string of the molecule is I.NC(=NCC1CC(=O)N(Cc2ccccc2)C1)Nc1cccc2c1CCCC2. The van der Waals surface area contributed by atoms with Gasteiger partial charge in [0.2, 0.25) is 5.91 Å². The van der Waals surface area contributed by atoms with E-state index < -0.39 is 0 Å². The number of amides is 1. The van der Waals surface area contributed by atoms with E-state index in [-0.39, 0.29) is 35.8 Å². The van der Waals surface area contributed by atoms with E-state index in [0.717, 1.165) is 30.6 Å². The van der Waals surface area contributed by atoms with Gasteiger partial charge in [-0.25, -0.2) is 0 Å². The number of nitrogens with zero attached hydrogens (tertiary/aromatic N) is 2. The summed E-state index contributed by atoms with van der Waals surface area (Å²) in [5.74, 6) is 0.863. The van der Waals surface area contributed by atoms with Gasteiger partial charge in [0.25, 0.3) is 0 Å². The first-order valence-electron chi connectivity index (χ1n) is 10.2. The summed E-state index contributed by atoms with van der Waals surface area (Å²) in [5.41, 5.74) is 11.2. The molecule has 2 aromatic carbocycles. The summed E-state index contributed by atoms with van der Waals surface area (Å²) < 4.78 is 0. The van der Waals surface area contributed by atoms with Crippen molar-refractivity contribution >= 4 is 41.5 Å². The van der Waals surface area contributed by atoms with Crippen LogP contribution in [-0.2, 0) is 24.2 Å². The van der Waals surface area contributed by atoms with Gasteiger partial charge in [0, 0.05) is 37.7 Å². The number of aliphatic imine (C=N–C) groups is 1. The van der Waals surface area contributed by atoms with Crippen LogP contribution in [-0.4, -0.2) is 29.9 Å². The lowest BCUT2D eigenvalue weighted by molar-refractivity contribution is -0.128. The third-order valence-corrected chi connectivity index (χ3v) is 5.69. The summed E-state index contributed by atoms with van der Waals surface area (Å²) in [4.78, 5) is 18.8. The molecule has 1 aliphatic carbocycles. The van der Waals surface area contributed by atoms with Crippen molar-refractivity contribution < 1.29 is 4.79 Å². The van der Waals surface area contributed by atoms with Gasteiger partial charge in [-0.1, -0.05) is 42.5 Å². The Morgan fingerprint density at radius 2 is 1.90 bits per heavy atom. The molecule has 29 heavy (non-hydrogen) atoms. The molecule has 1 atom stereocenters. The van der Waals surface area contributed by atoms with Crippen molar-refractivity contribution in [2.75, 3.05) is 18.4 Å². The van der Waals surface area contributed by atoms with Crippen LogP contribution < -0.4 is 11.1 Å². The predicted molar refractivity (Wildman–Crippen MR) is 129 cm³/mol. The standard InChI is InChI=1S/C23H28N4O.HI/c24-23(26-21-12-6-10-19-9-4-5-11-20(19)21)25-14-18-13-22(28)27(16-18)15-17-7-2-1-3-8-17;/h1-3,6-8,10,12,18H,4-5,9,11,13-16H2,(H3,24,25,26);1H. The Balaban J connectivity index is 0.00000240. The van der Waals surface area contributed by atoms with Crippen molar-refractivity contribution in [3.8, 4) is 0 Å². The smallest absolute Gasteiger partial charge is 0.223 e. The van der Waals surface area contributed by atoms with E-state index in [2.05, 4.69) is 40.6 Å². The number of nitrogens with one attached hydrogen (secondary N) is 1. The highest BCUT2D eigenvalue weighted by Gasteiger charge is 2.29. The molecule has 0 radical (unpaired) electrons. The van der Waals surface area contributed by atoms with E-state index in [0.29, 0.717) is 25.5 Å². The molecule has 2 aliphatic rings.